The zero-order valence-corrected chi connectivity index (χ0v) is 5.27. The molecule has 0 fully saturated rings. The lowest BCUT2D eigenvalue weighted by molar-refractivity contribution is -0.640. The normalized spacial score (nSPS) is 17.9. The summed E-state index contributed by atoms with van der Waals surface area (Å²) in [7, 11) is -3.78. The first kappa shape index (κ1) is 7.99. The highest BCUT2D eigenvalue weighted by atomic mass is 32.3. The van der Waals surface area contributed by atoms with E-state index in [0.717, 1.165) is 0 Å². The molecule has 49 valence electrons. The summed E-state index contributed by atoms with van der Waals surface area (Å²) >= 11 is 0. The van der Waals surface area contributed by atoms with Gasteiger partial charge < -0.3 is 0 Å². The number of quaternary nitrogens is 1. The number of hydrogen-bond donors (Lipinski definition) is 1. The molecule has 0 aliphatic heterocycles. The lowest BCUT2D eigenvalue weighted by atomic mass is 10.9. The van der Waals surface area contributed by atoms with Crippen LogP contribution in [0.2, 0.25) is 0 Å². The van der Waals surface area contributed by atoms with Crippen molar-refractivity contribution in [2.75, 3.05) is 6.61 Å². The van der Waals surface area contributed by atoms with Crippen molar-refractivity contribution in [1.29, 1.82) is 0 Å². The van der Waals surface area contributed by atoms with Crippen LogP contribution in [-0.2, 0) is 28.0 Å². The Morgan fingerprint density at radius 1 is 1.75 bits per heavy atom. The van der Waals surface area contributed by atoms with Crippen molar-refractivity contribution in [2.24, 2.45) is 0 Å². The van der Waals surface area contributed by atoms with Crippen LogP contribution >= 0.6 is 0 Å². The summed E-state index contributed by atoms with van der Waals surface area (Å²) < 4.78 is 27.9. The molecule has 0 aliphatic rings. The van der Waals surface area contributed by atoms with Gasteiger partial charge >= 0.3 is 10.8 Å². The minimum Gasteiger partial charge on any atom is -0.155 e. The second-order valence-electron chi connectivity index (χ2n) is 0.933. The first-order valence-corrected chi connectivity index (χ1v) is 3.28. The number of rotatable bonds is 3. The third-order valence-corrected chi connectivity index (χ3v) is 1.22. The maximum atomic E-state index is 10.1. The molecule has 3 N–H and O–H groups in total. The molecule has 6 heteroatoms. The first-order valence-electron chi connectivity index (χ1n) is 1.95. The average Bonchev–Trinajstić information content (AvgIpc) is 1.67. The van der Waals surface area contributed by atoms with Crippen LogP contribution < -0.4 is 5.90 Å². The van der Waals surface area contributed by atoms with Crippen molar-refractivity contribution < 1.29 is 23.1 Å². The molecule has 1 atom stereocenters. The van der Waals surface area contributed by atoms with E-state index in [4.69, 9.17) is 0 Å². The summed E-state index contributed by atoms with van der Waals surface area (Å²) in [4.78, 5) is 0. The molecule has 0 aromatic rings. The zero-order valence-electron chi connectivity index (χ0n) is 4.46. The molecule has 0 saturated carbocycles. The Kier molecular flexibility index (Phi) is 3.10. The van der Waals surface area contributed by atoms with Crippen molar-refractivity contribution in [3.8, 4) is 0 Å². The SMILES string of the molecule is CCO[S+]([O])(=O)O[NH3+]. The van der Waals surface area contributed by atoms with Gasteiger partial charge in [0.25, 0.3) is 0 Å². The molecule has 0 bridgehead atoms. The van der Waals surface area contributed by atoms with Crippen molar-refractivity contribution in [3.63, 3.8) is 0 Å². The smallest absolute Gasteiger partial charge is 0.155 e. The van der Waals surface area contributed by atoms with Gasteiger partial charge in [-0.1, -0.05) is 0 Å². The van der Waals surface area contributed by atoms with E-state index in [9.17, 15) is 8.76 Å². The Bertz CT molecular complexity index is 104. The Morgan fingerprint density at radius 3 is 2.38 bits per heavy atom. The molecule has 8 heavy (non-hydrogen) atoms. The second kappa shape index (κ2) is 3.10. The largest absolute Gasteiger partial charge is 0.597 e. The van der Waals surface area contributed by atoms with E-state index in [-0.39, 0.29) is 6.61 Å². The highest BCUT2D eigenvalue weighted by Crippen LogP contribution is 1.98. The van der Waals surface area contributed by atoms with E-state index in [1.807, 2.05) is 0 Å². The molecule has 0 spiro atoms. The highest BCUT2D eigenvalue weighted by Gasteiger charge is 2.34. The second-order valence-corrected chi connectivity index (χ2v) is 2.22. The molecule has 0 aromatic carbocycles. The zero-order chi connectivity index (χ0) is 6.62. The summed E-state index contributed by atoms with van der Waals surface area (Å²) in [5.74, 6) is 2.66. The molecule has 0 heterocycles. The number of hydrogen-bond acceptors (Lipinski definition) is 3. The van der Waals surface area contributed by atoms with Crippen LogP contribution in [0.3, 0.4) is 0 Å². The molecular formula is C2H8NO4S+2. The molecule has 5 nitrogen and oxygen atoms in total. The van der Waals surface area contributed by atoms with Gasteiger partial charge in [-0.15, -0.1) is 4.18 Å². The van der Waals surface area contributed by atoms with E-state index < -0.39 is 10.8 Å². The lowest BCUT2D eigenvalue weighted by Gasteiger charge is -1.86. The maximum Gasteiger partial charge on any atom is 0.597 e. The monoisotopic (exact) mass is 142 g/mol. The standard InChI is InChI=1S/C2H8NO4S/c1-2-6-8(4,5)7-3/h2H2,1,3H3/q+2. The molecule has 0 aromatic heterocycles. The molecule has 1 radical (unpaired) electrons. The summed E-state index contributed by atoms with van der Waals surface area (Å²) in [5, 5.41) is 0. The fourth-order valence-electron chi connectivity index (χ4n) is 0.178. The molecular weight excluding hydrogens is 134 g/mol. The minimum atomic E-state index is -3.78. The van der Waals surface area contributed by atoms with Crippen molar-refractivity contribution in [1.82, 2.24) is 0 Å². The quantitative estimate of drug-likeness (QED) is 0.400. The third-order valence-electron chi connectivity index (χ3n) is 0.407. The Hall–Kier alpha value is -0.0100. The average molecular weight is 142 g/mol. The summed E-state index contributed by atoms with van der Waals surface area (Å²) in [6.45, 7) is 1.61. The van der Waals surface area contributed by atoms with Gasteiger partial charge in [0.15, 0.2) is 0 Å². The van der Waals surface area contributed by atoms with E-state index in [1.165, 1.54) is 6.92 Å². The lowest BCUT2D eigenvalue weighted by Crippen LogP contribution is -2.53. The van der Waals surface area contributed by atoms with Crippen LogP contribution in [0, 0.1) is 0 Å². The first-order chi connectivity index (χ1) is 3.62. The van der Waals surface area contributed by atoms with E-state index in [0.29, 0.717) is 0 Å². The Balaban J connectivity index is 3.55. The molecule has 0 aliphatic carbocycles. The van der Waals surface area contributed by atoms with Gasteiger partial charge in [0.05, 0.1) is 4.28 Å². The molecule has 1 unspecified atom stereocenters. The summed E-state index contributed by atoms with van der Waals surface area (Å²) in [5.41, 5.74) is 0. The third kappa shape index (κ3) is 3.05. The molecule has 0 rings (SSSR count). The van der Waals surface area contributed by atoms with Crippen LogP contribution in [0.25, 0.3) is 0 Å². The van der Waals surface area contributed by atoms with Gasteiger partial charge in [-0.2, -0.15) is 5.90 Å². The van der Waals surface area contributed by atoms with Gasteiger partial charge in [-0.05, 0) is 6.92 Å². The predicted octanol–water partition coefficient (Wildman–Crippen LogP) is -1.13. The van der Waals surface area contributed by atoms with E-state index in [1.54, 1.807) is 0 Å². The van der Waals surface area contributed by atoms with E-state index >= 15 is 0 Å². The fraction of sp³-hybridized carbons (Fsp3) is 1.00. The predicted molar refractivity (Wildman–Crippen MR) is 24.3 cm³/mol. The topological polar surface area (TPSA) is 83.1 Å². The summed E-state index contributed by atoms with van der Waals surface area (Å²) in [6.07, 6.45) is 0. The molecule has 0 amide bonds. The Morgan fingerprint density at radius 2 is 2.25 bits per heavy atom. The highest BCUT2D eigenvalue weighted by molar-refractivity contribution is 7.88. The van der Waals surface area contributed by atoms with Crippen LogP contribution in [0.5, 0.6) is 0 Å². The van der Waals surface area contributed by atoms with Crippen molar-refractivity contribution in [3.05, 3.63) is 0 Å². The summed E-state index contributed by atoms with van der Waals surface area (Å²) in [6, 6.07) is 0. The Labute approximate surface area is 48.4 Å². The van der Waals surface area contributed by atoms with Gasteiger partial charge in [0.2, 0.25) is 0 Å². The minimum absolute atomic E-state index is 0.0673. The van der Waals surface area contributed by atoms with E-state index in [2.05, 4.69) is 14.4 Å². The van der Waals surface area contributed by atoms with Crippen LogP contribution in [-0.4, -0.2) is 6.61 Å². The van der Waals surface area contributed by atoms with Gasteiger partial charge in [-0.3, -0.25) is 0 Å². The van der Waals surface area contributed by atoms with Gasteiger partial charge in [0.1, 0.15) is 11.2 Å². The van der Waals surface area contributed by atoms with Gasteiger partial charge in [-0.25, -0.2) is 0 Å². The maximum absolute atomic E-state index is 10.1. The van der Waals surface area contributed by atoms with Crippen LogP contribution in [0.4, 0.5) is 0 Å². The van der Waals surface area contributed by atoms with Gasteiger partial charge in [0, 0.05) is 4.21 Å². The van der Waals surface area contributed by atoms with Crippen LogP contribution in [0.1, 0.15) is 6.92 Å². The van der Waals surface area contributed by atoms with Crippen LogP contribution in [0.15, 0.2) is 0 Å². The fourth-order valence-corrected chi connectivity index (χ4v) is 0.535. The van der Waals surface area contributed by atoms with Crippen molar-refractivity contribution in [2.45, 2.75) is 6.92 Å². The van der Waals surface area contributed by atoms with Crippen molar-refractivity contribution >= 4 is 10.8 Å². The molecule has 0 saturated heterocycles.